The van der Waals surface area contributed by atoms with E-state index in [2.05, 4.69) is 16.3 Å². The predicted octanol–water partition coefficient (Wildman–Crippen LogP) is 2.98. The van der Waals surface area contributed by atoms with Crippen LogP contribution < -0.4 is 0 Å². The quantitative estimate of drug-likeness (QED) is 0.685. The number of aromatic nitrogens is 3. The summed E-state index contributed by atoms with van der Waals surface area (Å²) in [5.74, 6) is 0.766. The number of nitrogens with zero attached hydrogens (tertiary/aromatic N) is 5. The van der Waals surface area contributed by atoms with E-state index in [-0.39, 0.29) is 11.9 Å². The van der Waals surface area contributed by atoms with Crippen LogP contribution in [-0.2, 0) is 4.79 Å². The molecule has 0 N–H and O–H groups in total. The number of carbonyl (C=O) groups excluding carboxylic acids is 1. The fourth-order valence-corrected chi connectivity index (χ4v) is 3.32. The third-order valence-electron chi connectivity index (χ3n) is 4.63. The van der Waals surface area contributed by atoms with E-state index >= 15 is 0 Å². The summed E-state index contributed by atoms with van der Waals surface area (Å²) in [4.78, 5) is 14.6. The van der Waals surface area contributed by atoms with Crippen molar-refractivity contribution in [2.75, 3.05) is 6.54 Å². The molecular formula is C20H17N5O. The smallest absolute Gasteiger partial charge is 0.247 e. The minimum absolute atomic E-state index is 0.0375. The second kappa shape index (κ2) is 6.81. The highest BCUT2D eigenvalue weighted by Gasteiger charge is 2.32. The highest BCUT2D eigenvalue weighted by atomic mass is 16.2. The summed E-state index contributed by atoms with van der Waals surface area (Å²) in [5.41, 5.74) is 2.28. The zero-order chi connectivity index (χ0) is 17.9. The van der Waals surface area contributed by atoms with Gasteiger partial charge in [0, 0.05) is 18.8 Å². The number of hydrogen-bond donors (Lipinski definition) is 0. The van der Waals surface area contributed by atoms with Gasteiger partial charge >= 0.3 is 0 Å². The third-order valence-corrected chi connectivity index (χ3v) is 4.63. The molecule has 3 aromatic rings. The zero-order valence-corrected chi connectivity index (χ0v) is 14.1. The Hall–Kier alpha value is -3.46. The van der Waals surface area contributed by atoms with Crippen molar-refractivity contribution < 1.29 is 4.79 Å². The molecule has 1 aromatic carbocycles. The van der Waals surface area contributed by atoms with Gasteiger partial charge in [-0.1, -0.05) is 18.2 Å². The van der Waals surface area contributed by atoms with Crippen molar-refractivity contribution in [2.24, 2.45) is 0 Å². The van der Waals surface area contributed by atoms with Crippen molar-refractivity contribution in [3.8, 4) is 6.07 Å². The Kier molecular flexibility index (Phi) is 4.20. The van der Waals surface area contributed by atoms with Crippen molar-refractivity contribution >= 4 is 17.6 Å². The lowest BCUT2D eigenvalue weighted by Gasteiger charge is -2.22. The molecule has 1 fully saturated rings. The summed E-state index contributed by atoms with van der Waals surface area (Å²) < 4.78 is 1.95. The molecular weight excluding hydrogens is 326 g/mol. The molecule has 26 heavy (non-hydrogen) atoms. The Balaban J connectivity index is 1.55. The molecule has 128 valence electrons. The highest BCUT2D eigenvalue weighted by molar-refractivity contribution is 5.92. The number of likely N-dealkylation sites (tertiary alicyclic amines) is 1. The van der Waals surface area contributed by atoms with E-state index in [9.17, 15) is 4.79 Å². The minimum Gasteiger partial charge on any atom is -0.329 e. The summed E-state index contributed by atoms with van der Waals surface area (Å²) in [7, 11) is 0. The number of carbonyl (C=O) groups is 1. The van der Waals surface area contributed by atoms with Gasteiger partial charge in [-0.3, -0.25) is 9.20 Å². The molecule has 4 rings (SSSR count). The molecule has 0 spiro atoms. The summed E-state index contributed by atoms with van der Waals surface area (Å²) in [6.45, 7) is 0.711. The average molecular weight is 343 g/mol. The number of pyridine rings is 1. The Morgan fingerprint density at radius 2 is 2.04 bits per heavy atom. The summed E-state index contributed by atoms with van der Waals surface area (Å²) in [5, 5.41) is 17.4. The molecule has 1 amide bonds. The molecule has 0 radical (unpaired) electrons. The fraction of sp³-hybridized carbons (Fsp3) is 0.200. The van der Waals surface area contributed by atoms with Gasteiger partial charge in [0.15, 0.2) is 11.5 Å². The van der Waals surface area contributed by atoms with E-state index in [0.29, 0.717) is 12.1 Å². The molecule has 6 nitrogen and oxygen atoms in total. The number of hydrogen-bond acceptors (Lipinski definition) is 4. The van der Waals surface area contributed by atoms with Crippen LogP contribution in [0.15, 0.2) is 54.7 Å². The molecule has 0 saturated carbocycles. The van der Waals surface area contributed by atoms with E-state index in [0.717, 1.165) is 29.9 Å². The number of fused-ring (bicyclic) bond motifs is 1. The van der Waals surface area contributed by atoms with Crippen LogP contribution in [0.25, 0.3) is 11.7 Å². The molecule has 1 aliphatic heterocycles. The van der Waals surface area contributed by atoms with Crippen molar-refractivity contribution in [1.82, 2.24) is 19.5 Å². The van der Waals surface area contributed by atoms with Crippen LogP contribution in [0, 0.1) is 11.3 Å². The second-order valence-corrected chi connectivity index (χ2v) is 6.24. The number of nitriles is 1. The molecule has 3 heterocycles. The first-order chi connectivity index (χ1) is 12.8. The predicted molar refractivity (Wildman–Crippen MR) is 96.9 cm³/mol. The highest BCUT2D eigenvalue weighted by Crippen LogP contribution is 2.31. The van der Waals surface area contributed by atoms with Crippen LogP contribution in [0.5, 0.6) is 0 Å². The van der Waals surface area contributed by atoms with E-state index in [1.165, 1.54) is 0 Å². The van der Waals surface area contributed by atoms with Gasteiger partial charge in [0.25, 0.3) is 0 Å². The normalized spacial score (nSPS) is 17.0. The minimum atomic E-state index is -0.0643. The Morgan fingerprint density at radius 3 is 2.85 bits per heavy atom. The lowest BCUT2D eigenvalue weighted by Crippen LogP contribution is -2.30. The summed E-state index contributed by atoms with van der Waals surface area (Å²) in [6.07, 6.45) is 7.12. The first kappa shape index (κ1) is 16.0. The van der Waals surface area contributed by atoms with Gasteiger partial charge in [-0.15, -0.1) is 10.2 Å². The largest absolute Gasteiger partial charge is 0.329 e. The molecule has 0 bridgehead atoms. The van der Waals surface area contributed by atoms with Crippen LogP contribution in [0.3, 0.4) is 0 Å². The molecule has 6 heteroatoms. The first-order valence-corrected chi connectivity index (χ1v) is 8.55. The lowest BCUT2D eigenvalue weighted by molar-refractivity contribution is -0.127. The summed E-state index contributed by atoms with van der Waals surface area (Å²) in [6, 6.07) is 14.9. The maximum Gasteiger partial charge on any atom is 0.247 e. The van der Waals surface area contributed by atoms with Gasteiger partial charge in [0.05, 0.1) is 17.7 Å². The van der Waals surface area contributed by atoms with E-state index in [1.54, 1.807) is 24.3 Å². The topological polar surface area (TPSA) is 74.3 Å². The van der Waals surface area contributed by atoms with Gasteiger partial charge in [-0.2, -0.15) is 5.26 Å². The fourth-order valence-electron chi connectivity index (χ4n) is 3.32. The van der Waals surface area contributed by atoms with Gasteiger partial charge in [0.2, 0.25) is 5.91 Å². The molecule has 1 aliphatic rings. The van der Waals surface area contributed by atoms with E-state index < -0.39 is 0 Å². The maximum atomic E-state index is 12.7. The van der Waals surface area contributed by atoms with Gasteiger partial charge in [0.1, 0.15) is 0 Å². The van der Waals surface area contributed by atoms with Crippen LogP contribution in [-0.4, -0.2) is 31.9 Å². The number of rotatable bonds is 3. The molecule has 2 aromatic heterocycles. The second-order valence-electron chi connectivity index (χ2n) is 6.24. The van der Waals surface area contributed by atoms with Crippen molar-refractivity contribution in [3.63, 3.8) is 0 Å². The molecule has 1 atom stereocenters. The van der Waals surface area contributed by atoms with Crippen LogP contribution in [0.1, 0.15) is 35.8 Å². The monoisotopic (exact) mass is 343 g/mol. The molecule has 1 saturated heterocycles. The van der Waals surface area contributed by atoms with Crippen molar-refractivity contribution in [1.29, 1.82) is 5.26 Å². The van der Waals surface area contributed by atoms with Crippen LogP contribution in [0.4, 0.5) is 0 Å². The van der Waals surface area contributed by atoms with Crippen LogP contribution >= 0.6 is 0 Å². The number of amides is 1. The Labute approximate surface area is 151 Å². The van der Waals surface area contributed by atoms with Gasteiger partial charge < -0.3 is 4.90 Å². The Morgan fingerprint density at radius 1 is 1.19 bits per heavy atom. The first-order valence-electron chi connectivity index (χ1n) is 8.55. The van der Waals surface area contributed by atoms with Gasteiger partial charge in [-0.05, 0) is 48.7 Å². The molecule has 0 aliphatic carbocycles. The average Bonchev–Trinajstić information content (AvgIpc) is 3.33. The van der Waals surface area contributed by atoms with Crippen molar-refractivity contribution in [3.05, 3.63) is 71.7 Å². The third kappa shape index (κ3) is 2.95. The zero-order valence-electron chi connectivity index (χ0n) is 14.1. The lowest BCUT2D eigenvalue weighted by atomic mass is 10.1. The van der Waals surface area contributed by atoms with Gasteiger partial charge in [-0.25, -0.2) is 0 Å². The van der Waals surface area contributed by atoms with E-state index in [1.807, 2.05) is 45.8 Å². The van der Waals surface area contributed by atoms with E-state index in [4.69, 9.17) is 5.26 Å². The van der Waals surface area contributed by atoms with Crippen molar-refractivity contribution in [2.45, 2.75) is 18.9 Å². The number of benzene rings is 1. The standard InChI is InChI=1S/C20H17N5O/c21-14-16-8-6-15(7-9-16)10-11-19(26)24-13-3-4-17(24)20-23-22-18-5-1-2-12-25(18)20/h1-2,5-12,17H,3-4,13H2/b11-10+. The molecule has 1 unspecified atom stereocenters. The summed E-state index contributed by atoms with van der Waals surface area (Å²) >= 11 is 0. The SMILES string of the molecule is N#Cc1ccc(/C=C/C(=O)N2CCCC2c2nnc3ccccn23)cc1. The van der Waals surface area contributed by atoms with Crippen LogP contribution in [0.2, 0.25) is 0 Å². The Bertz CT molecular complexity index is 1010. The maximum absolute atomic E-state index is 12.7.